The van der Waals surface area contributed by atoms with E-state index < -0.39 is 0 Å². The third kappa shape index (κ3) is 2.43. The van der Waals surface area contributed by atoms with Gasteiger partial charge in [0.1, 0.15) is 0 Å². The maximum absolute atomic E-state index is 12.1. The van der Waals surface area contributed by atoms with E-state index in [9.17, 15) is 4.79 Å². The molecule has 2 amide bonds. The highest BCUT2D eigenvalue weighted by Gasteiger charge is 2.28. The molecule has 2 fully saturated rings. The van der Waals surface area contributed by atoms with Gasteiger partial charge in [-0.05, 0) is 38.1 Å². The van der Waals surface area contributed by atoms with Gasteiger partial charge in [-0.25, -0.2) is 4.79 Å². The van der Waals surface area contributed by atoms with Crippen LogP contribution in [0.15, 0.2) is 0 Å². The third-order valence-corrected chi connectivity index (χ3v) is 3.52. The van der Waals surface area contributed by atoms with Crippen LogP contribution in [0.5, 0.6) is 0 Å². The summed E-state index contributed by atoms with van der Waals surface area (Å²) < 4.78 is 0. The predicted octanol–water partition coefficient (Wildman–Crippen LogP) is 0.873. The maximum atomic E-state index is 12.1. The van der Waals surface area contributed by atoms with Crippen molar-refractivity contribution >= 4 is 6.03 Å². The fourth-order valence-electron chi connectivity index (χ4n) is 2.48. The molecule has 15 heavy (non-hydrogen) atoms. The molecule has 0 aromatic rings. The largest absolute Gasteiger partial charge is 0.330 e. The molecule has 0 aromatic carbocycles. The molecule has 0 spiro atoms. The van der Waals surface area contributed by atoms with Gasteiger partial charge in [0.05, 0.1) is 0 Å². The molecule has 4 nitrogen and oxygen atoms in total. The Labute approximate surface area is 91.4 Å². The topological polar surface area (TPSA) is 49.6 Å². The number of nitrogens with two attached hydrogens (primary N) is 1. The van der Waals surface area contributed by atoms with E-state index >= 15 is 0 Å². The maximum Gasteiger partial charge on any atom is 0.320 e. The zero-order valence-electron chi connectivity index (χ0n) is 9.32. The van der Waals surface area contributed by atoms with Gasteiger partial charge in [0.25, 0.3) is 0 Å². The van der Waals surface area contributed by atoms with Crippen molar-refractivity contribution in [2.45, 2.75) is 25.7 Å². The Kier molecular flexibility index (Phi) is 3.46. The molecule has 0 radical (unpaired) electrons. The minimum Gasteiger partial charge on any atom is -0.330 e. The summed E-state index contributed by atoms with van der Waals surface area (Å²) in [5, 5.41) is 0. The number of nitrogens with zero attached hydrogens (tertiary/aromatic N) is 2. The Bertz CT molecular complexity index is 226. The average Bonchev–Trinajstić information content (AvgIpc) is 2.78. The lowest BCUT2D eigenvalue weighted by atomic mass is 10.1. The second kappa shape index (κ2) is 4.84. The van der Waals surface area contributed by atoms with Gasteiger partial charge in [-0.15, -0.1) is 0 Å². The fourth-order valence-corrected chi connectivity index (χ4v) is 2.48. The molecule has 0 saturated carbocycles. The summed E-state index contributed by atoms with van der Waals surface area (Å²) in [4.78, 5) is 16.1. The van der Waals surface area contributed by atoms with Crippen molar-refractivity contribution in [1.29, 1.82) is 0 Å². The van der Waals surface area contributed by atoms with Crippen molar-refractivity contribution in [1.82, 2.24) is 9.80 Å². The quantitative estimate of drug-likeness (QED) is 0.699. The molecule has 1 unspecified atom stereocenters. The molecule has 2 N–H and O–H groups in total. The summed E-state index contributed by atoms with van der Waals surface area (Å²) in [6.45, 7) is 4.37. The number of urea groups is 1. The summed E-state index contributed by atoms with van der Waals surface area (Å²) in [6.07, 6.45) is 4.69. The second-order valence-corrected chi connectivity index (χ2v) is 4.67. The van der Waals surface area contributed by atoms with Crippen molar-refractivity contribution < 1.29 is 4.79 Å². The number of likely N-dealkylation sites (tertiary alicyclic amines) is 2. The number of piperidine rings is 1. The molecular weight excluding hydrogens is 190 g/mol. The molecule has 1 atom stereocenters. The molecule has 2 aliphatic heterocycles. The van der Waals surface area contributed by atoms with E-state index in [4.69, 9.17) is 5.73 Å². The lowest BCUT2D eigenvalue weighted by Gasteiger charge is -2.31. The summed E-state index contributed by atoms with van der Waals surface area (Å²) in [5.41, 5.74) is 5.62. The Morgan fingerprint density at radius 1 is 1.13 bits per heavy atom. The van der Waals surface area contributed by atoms with E-state index in [1.807, 2.05) is 9.80 Å². The highest BCUT2D eigenvalue weighted by atomic mass is 16.2. The van der Waals surface area contributed by atoms with Crippen molar-refractivity contribution in [3.8, 4) is 0 Å². The fraction of sp³-hybridized carbons (Fsp3) is 0.909. The van der Waals surface area contributed by atoms with Crippen LogP contribution in [0.2, 0.25) is 0 Å². The Balaban J connectivity index is 1.85. The zero-order valence-corrected chi connectivity index (χ0v) is 9.32. The summed E-state index contributed by atoms with van der Waals surface area (Å²) in [6, 6.07) is 0.241. The van der Waals surface area contributed by atoms with Gasteiger partial charge >= 0.3 is 6.03 Å². The molecule has 2 heterocycles. The van der Waals surface area contributed by atoms with E-state index in [0.29, 0.717) is 12.5 Å². The molecule has 2 saturated heterocycles. The van der Waals surface area contributed by atoms with Crippen LogP contribution in [-0.4, -0.2) is 48.6 Å². The van der Waals surface area contributed by atoms with Gasteiger partial charge in [-0.1, -0.05) is 0 Å². The Morgan fingerprint density at radius 3 is 2.47 bits per heavy atom. The number of carbonyl (C=O) groups is 1. The van der Waals surface area contributed by atoms with Crippen LogP contribution in [-0.2, 0) is 0 Å². The van der Waals surface area contributed by atoms with Crippen molar-refractivity contribution in [2.75, 3.05) is 32.7 Å². The summed E-state index contributed by atoms with van der Waals surface area (Å²) >= 11 is 0. The van der Waals surface area contributed by atoms with E-state index in [2.05, 4.69) is 0 Å². The van der Waals surface area contributed by atoms with Gasteiger partial charge in [-0.2, -0.15) is 0 Å². The van der Waals surface area contributed by atoms with Gasteiger partial charge < -0.3 is 15.5 Å². The highest BCUT2D eigenvalue weighted by molar-refractivity contribution is 5.74. The molecule has 86 valence electrons. The normalized spacial score (nSPS) is 27.1. The highest BCUT2D eigenvalue weighted by Crippen LogP contribution is 2.18. The SMILES string of the molecule is NCC1CCN(C(=O)N2CCCCC2)C1. The number of hydrogen-bond acceptors (Lipinski definition) is 2. The monoisotopic (exact) mass is 211 g/mol. The lowest BCUT2D eigenvalue weighted by Crippen LogP contribution is -2.44. The first-order chi connectivity index (χ1) is 7.31. The van der Waals surface area contributed by atoms with Crippen LogP contribution < -0.4 is 5.73 Å². The van der Waals surface area contributed by atoms with Crippen LogP contribution in [0, 0.1) is 5.92 Å². The number of amides is 2. The average molecular weight is 211 g/mol. The first-order valence-electron chi connectivity index (χ1n) is 6.05. The molecule has 4 heteroatoms. The Morgan fingerprint density at radius 2 is 1.87 bits per heavy atom. The molecule has 2 aliphatic rings. The first kappa shape index (κ1) is 10.7. The lowest BCUT2D eigenvalue weighted by molar-refractivity contribution is 0.151. The van der Waals surface area contributed by atoms with Crippen molar-refractivity contribution in [2.24, 2.45) is 11.7 Å². The van der Waals surface area contributed by atoms with E-state index in [1.54, 1.807) is 0 Å². The van der Waals surface area contributed by atoms with Crippen LogP contribution in [0.3, 0.4) is 0 Å². The van der Waals surface area contributed by atoms with Crippen LogP contribution in [0.4, 0.5) is 4.79 Å². The van der Waals surface area contributed by atoms with Crippen LogP contribution >= 0.6 is 0 Å². The van der Waals surface area contributed by atoms with Crippen molar-refractivity contribution in [3.05, 3.63) is 0 Å². The molecular formula is C11H21N3O. The van der Waals surface area contributed by atoms with Crippen molar-refractivity contribution in [3.63, 3.8) is 0 Å². The molecule has 0 aromatic heterocycles. The van der Waals surface area contributed by atoms with E-state index in [0.717, 1.165) is 32.6 Å². The first-order valence-corrected chi connectivity index (χ1v) is 6.05. The zero-order chi connectivity index (χ0) is 10.7. The van der Waals surface area contributed by atoms with Gasteiger partial charge in [0.2, 0.25) is 0 Å². The number of hydrogen-bond donors (Lipinski definition) is 1. The van der Waals surface area contributed by atoms with Gasteiger partial charge in [-0.3, -0.25) is 0 Å². The predicted molar refractivity (Wildman–Crippen MR) is 59.6 cm³/mol. The minimum atomic E-state index is 0.241. The second-order valence-electron chi connectivity index (χ2n) is 4.67. The van der Waals surface area contributed by atoms with Gasteiger partial charge in [0, 0.05) is 26.2 Å². The molecule has 0 aliphatic carbocycles. The summed E-state index contributed by atoms with van der Waals surface area (Å²) in [7, 11) is 0. The summed E-state index contributed by atoms with van der Waals surface area (Å²) in [5.74, 6) is 0.527. The van der Waals surface area contributed by atoms with E-state index in [-0.39, 0.29) is 6.03 Å². The van der Waals surface area contributed by atoms with Gasteiger partial charge in [0.15, 0.2) is 0 Å². The van der Waals surface area contributed by atoms with Crippen LogP contribution in [0.25, 0.3) is 0 Å². The number of carbonyl (C=O) groups excluding carboxylic acids is 1. The molecule has 0 bridgehead atoms. The molecule has 2 rings (SSSR count). The standard InChI is InChI=1S/C11H21N3O/c12-8-10-4-7-14(9-10)11(15)13-5-2-1-3-6-13/h10H,1-9,12H2. The number of rotatable bonds is 1. The minimum absolute atomic E-state index is 0.241. The third-order valence-electron chi connectivity index (χ3n) is 3.52. The Hall–Kier alpha value is -0.770. The van der Waals surface area contributed by atoms with E-state index in [1.165, 1.54) is 19.3 Å². The smallest absolute Gasteiger partial charge is 0.320 e. The van der Waals surface area contributed by atoms with Crippen LogP contribution in [0.1, 0.15) is 25.7 Å².